The summed E-state index contributed by atoms with van der Waals surface area (Å²) in [7, 11) is 0. The number of carboxylic acid groups (broad SMARTS) is 1. The minimum absolute atomic E-state index is 0.246. The Morgan fingerprint density at radius 3 is 2.58 bits per heavy atom. The maximum atomic E-state index is 11.5. The number of aryl methyl sites for hydroxylation is 1. The second kappa shape index (κ2) is 6.84. The van der Waals surface area contributed by atoms with E-state index in [-0.39, 0.29) is 5.92 Å². The van der Waals surface area contributed by atoms with E-state index in [1.54, 1.807) is 12.1 Å². The summed E-state index contributed by atoms with van der Waals surface area (Å²) in [5.74, 6) is -0.605. The topological polar surface area (TPSA) is 66.3 Å². The second-order valence-corrected chi connectivity index (χ2v) is 6.86. The molecule has 132 valence electrons. The van der Waals surface area contributed by atoms with Crippen molar-refractivity contribution >= 4 is 17.0 Å². The average molecular weight is 347 g/mol. The Morgan fingerprint density at radius 1 is 1.12 bits per heavy atom. The van der Waals surface area contributed by atoms with Crippen molar-refractivity contribution in [3.8, 4) is 0 Å². The number of carboxylic acids is 1. The van der Waals surface area contributed by atoms with Gasteiger partial charge in [-0.25, -0.2) is 14.8 Å². The maximum absolute atomic E-state index is 11.5. The zero-order valence-corrected chi connectivity index (χ0v) is 14.7. The summed E-state index contributed by atoms with van der Waals surface area (Å²) < 4.78 is 0. The normalized spacial score (nSPS) is 17.7. The molecule has 0 aliphatic carbocycles. The van der Waals surface area contributed by atoms with Gasteiger partial charge < -0.3 is 5.11 Å². The third-order valence-corrected chi connectivity index (χ3v) is 5.12. The highest BCUT2D eigenvalue weighted by Crippen LogP contribution is 2.30. The van der Waals surface area contributed by atoms with E-state index in [2.05, 4.69) is 9.88 Å². The molecule has 2 aromatic carbocycles. The molecule has 5 nitrogen and oxygen atoms in total. The molecule has 1 aliphatic heterocycles. The highest BCUT2D eigenvalue weighted by Gasteiger charge is 2.27. The number of nitrogens with zero attached hydrogens (tertiary/aromatic N) is 3. The molecule has 0 radical (unpaired) electrons. The number of benzene rings is 2. The Labute approximate surface area is 152 Å². The number of para-hydroxylation sites is 2. The second-order valence-electron chi connectivity index (χ2n) is 6.86. The standard InChI is InChI=1S/C21H21N3O2/c1-14-20(23-19-9-5-4-8-18(19)22-14)13-24-11-10-15(12-24)16-6-2-3-7-17(16)21(25)26/h2-9,15H,10-13H2,1H3,(H,25,26)/t15-/m1/s1. The molecule has 1 atom stereocenters. The first-order valence-electron chi connectivity index (χ1n) is 8.88. The van der Waals surface area contributed by atoms with Crippen LogP contribution in [0.5, 0.6) is 0 Å². The maximum Gasteiger partial charge on any atom is 0.335 e. The average Bonchev–Trinajstić information content (AvgIpc) is 3.11. The lowest BCUT2D eigenvalue weighted by Crippen LogP contribution is -2.22. The van der Waals surface area contributed by atoms with Crippen LogP contribution in [0.3, 0.4) is 0 Å². The number of fused-ring (bicyclic) bond motifs is 1. The van der Waals surface area contributed by atoms with E-state index in [9.17, 15) is 9.90 Å². The molecule has 4 rings (SSSR count). The fraction of sp³-hybridized carbons (Fsp3) is 0.286. The van der Waals surface area contributed by atoms with Gasteiger partial charge in [0.25, 0.3) is 0 Å². The van der Waals surface area contributed by atoms with Gasteiger partial charge in [0.1, 0.15) is 0 Å². The Morgan fingerprint density at radius 2 is 1.81 bits per heavy atom. The van der Waals surface area contributed by atoms with Gasteiger partial charge in [0.15, 0.2) is 0 Å². The van der Waals surface area contributed by atoms with Gasteiger partial charge in [-0.05, 0) is 49.6 Å². The van der Waals surface area contributed by atoms with Gasteiger partial charge in [-0.15, -0.1) is 0 Å². The molecule has 5 heteroatoms. The van der Waals surface area contributed by atoms with Gasteiger partial charge in [0.05, 0.1) is 28.0 Å². The Balaban J connectivity index is 1.53. The Kier molecular flexibility index (Phi) is 4.39. The van der Waals surface area contributed by atoms with Crippen LogP contribution in [-0.4, -0.2) is 39.0 Å². The van der Waals surface area contributed by atoms with Crippen molar-refractivity contribution in [3.05, 3.63) is 71.0 Å². The van der Waals surface area contributed by atoms with Crippen LogP contribution < -0.4 is 0 Å². The summed E-state index contributed by atoms with van der Waals surface area (Å²) >= 11 is 0. The molecule has 1 saturated heterocycles. The van der Waals surface area contributed by atoms with Crippen molar-refractivity contribution in [3.63, 3.8) is 0 Å². The third-order valence-electron chi connectivity index (χ3n) is 5.12. The first-order chi connectivity index (χ1) is 12.6. The van der Waals surface area contributed by atoms with Crippen LogP contribution >= 0.6 is 0 Å². The number of carbonyl (C=O) groups is 1. The molecule has 0 unspecified atom stereocenters. The van der Waals surface area contributed by atoms with Crippen LogP contribution in [0.25, 0.3) is 11.0 Å². The molecule has 1 aliphatic rings. The molecule has 0 amide bonds. The predicted octanol–water partition coefficient (Wildman–Crippen LogP) is 3.63. The summed E-state index contributed by atoms with van der Waals surface area (Å²) in [5, 5.41) is 9.43. The summed E-state index contributed by atoms with van der Waals surface area (Å²) in [6.07, 6.45) is 0.963. The number of likely N-dealkylation sites (tertiary alicyclic amines) is 1. The molecular weight excluding hydrogens is 326 g/mol. The summed E-state index contributed by atoms with van der Waals surface area (Å²) in [6.45, 7) is 4.53. The van der Waals surface area contributed by atoms with Crippen molar-refractivity contribution < 1.29 is 9.90 Å². The molecule has 0 spiro atoms. The van der Waals surface area contributed by atoms with E-state index in [4.69, 9.17) is 4.98 Å². The summed E-state index contributed by atoms with van der Waals surface area (Å²) in [5.41, 5.74) is 5.14. The molecule has 0 saturated carbocycles. The van der Waals surface area contributed by atoms with Gasteiger partial charge in [-0.1, -0.05) is 30.3 Å². The fourth-order valence-corrected chi connectivity index (χ4v) is 3.76. The minimum Gasteiger partial charge on any atom is -0.478 e. The molecule has 1 fully saturated rings. The highest BCUT2D eigenvalue weighted by molar-refractivity contribution is 5.89. The lowest BCUT2D eigenvalue weighted by molar-refractivity contribution is 0.0695. The van der Waals surface area contributed by atoms with E-state index in [0.717, 1.165) is 54.0 Å². The van der Waals surface area contributed by atoms with Crippen molar-refractivity contribution in [2.75, 3.05) is 13.1 Å². The molecule has 0 bridgehead atoms. The molecule has 26 heavy (non-hydrogen) atoms. The van der Waals surface area contributed by atoms with E-state index in [1.165, 1.54) is 0 Å². The predicted molar refractivity (Wildman–Crippen MR) is 100 cm³/mol. The molecular formula is C21H21N3O2. The van der Waals surface area contributed by atoms with Crippen LogP contribution in [0.4, 0.5) is 0 Å². The number of aromatic nitrogens is 2. The van der Waals surface area contributed by atoms with Crippen molar-refractivity contribution in [2.24, 2.45) is 0 Å². The fourth-order valence-electron chi connectivity index (χ4n) is 3.76. The highest BCUT2D eigenvalue weighted by atomic mass is 16.4. The third kappa shape index (κ3) is 3.18. The van der Waals surface area contributed by atoms with Crippen LogP contribution in [0, 0.1) is 6.92 Å². The van der Waals surface area contributed by atoms with Gasteiger partial charge >= 0.3 is 5.97 Å². The van der Waals surface area contributed by atoms with Crippen molar-refractivity contribution in [1.82, 2.24) is 14.9 Å². The van der Waals surface area contributed by atoms with Gasteiger partial charge in [-0.2, -0.15) is 0 Å². The zero-order chi connectivity index (χ0) is 18.1. The number of hydrogen-bond acceptors (Lipinski definition) is 4. The number of aromatic carboxylic acids is 1. The van der Waals surface area contributed by atoms with E-state index in [0.29, 0.717) is 5.56 Å². The number of rotatable bonds is 4. The summed E-state index contributed by atoms with van der Waals surface area (Å²) in [4.78, 5) is 23.3. The van der Waals surface area contributed by atoms with Crippen molar-refractivity contribution in [1.29, 1.82) is 0 Å². The largest absolute Gasteiger partial charge is 0.478 e. The first kappa shape index (κ1) is 16.7. The monoisotopic (exact) mass is 347 g/mol. The molecule has 2 heterocycles. The quantitative estimate of drug-likeness (QED) is 0.781. The van der Waals surface area contributed by atoms with E-state index in [1.807, 2.05) is 43.3 Å². The zero-order valence-electron chi connectivity index (χ0n) is 14.7. The van der Waals surface area contributed by atoms with E-state index >= 15 is 0 Å². The SMILES string of the molecule is Cc1nc2ccccc2nc1CN1CC[C@@H](c2ccccc2C(=O)O)C1. The Bertz CT molecular complexity index is 970. The molecule has 1 N–H and O–H groups in total. The van der Waals surface area contributed by atoms with Gasteiger partial charge in [0, 0.05) is 13.1 Å². The van der Waals surface area contributed by atoms with Crippen LogP contribution in [0.1, 0.15) is 39.6 Å². The van der Waals surface area contributed by atoms with Gasteiger partial charge in [0.2, 0.25) is 0 Å². The molecule has 1 aromatic heterocycles. The van der Waals surface area contributed by atoms with E-state index < -0.39 is 5.97 Å². The van der Waals surface area contributed by atoms with Crippen molar-refractivity contribution in [2.45, 2.75) is 25.8 Å². The first-order valence-corrected chi connectivity index (χ1v) is 8.88. The number of hydrogen-bond donors (Lipinski definition) is 1. The van der Waals surface area contributed by atoms with Gasteiger partial charge in [-0.3, -0.25) is 4.90 Å². The van der Waals surface area contributed by atoms with Crippen LogP contribution in [0.2, 0.25) is 0 Å². The smallest absolute Gasteiger partial charge is 0.335 e. The van der Waals surface area contributed by atoms with Crippen LogP contribution in [0.15, 0.2) is 48.5 Å². The minimum atomic E-state index is -0.852. The molecule has 3 aromatic rings. The van der Waals surface area contributed by atoms with Crippen LogP contribution in [-0.2, 0) is 6.54 Å². The Hall–Kier alpha value is -2.79. The lowest BCUT2D eigenvalue weighted by atomic mass is 9.93. The summed E-state index contributed by atoms with van der Waals surface area (Å²) in [6, 6.07) is 15.3. The lowest BCUT2D eigenvalue weighted by Gasteiger charge is -2.18.